The quantitative estimate of drug-likeness (QED) is 0.0922. The van der Waals surface area contributed by atoms with Crippen LogP contribution in [0.25, 0.3) is 32.8 Å². The van der Waals surface area contributed by atoms with Gasteiger partial charge in [0, 0.05) is 44.2 Å². The first-order valence-corrected chi connectivity index (χ1v) is 16.3. The average Bonchev–Trinajstić information content (AvgIpc) is 3.51. The van der Waals surface area contributed by atoms with E-state index in [2.05, 4.69) is 91.0 Å². The fraction of sp³-hybridized carbons (Fsp3) is 0.317. The van der Waals surface area contributed by atoms with Crippen LogP contribution in [0.15, 0.2) is 103 Å². The minimum atomic E-state index is 0. The van der Waals surface area contributed by atoms with Gasteiger partial charge in [-0.15, -0.1) is 23.8 Å². The van der Waals surface area contributed by atoms with Crippen molar-refractivity contribution in [3.8, 4) is 11.3 Å². The third-order valence-corrected chi connectivity index (χ3v) is 9.36. The molecule has 4 heteroatoms. The average molecular weight is 775 g/mol. The Hall–Kier alpha value is -3.59. The maximum absolute atomic E-state index is 11.7. The molecular formula is C41H44IrNO2-. The van der Waals surface area contributed by atoms with Gasteiger partial charge in [-0.1, -0.05) is 117 Å². The van der Waals surface area contributed by atoms with Crippen LogP contribution in [-0.2, 0) is 37.7 Å². The normalized spacial score (nSPS) is 14.3. The number of carbonyl (C=O) groups excluding carboxylic acids is 1. The number of carbonyl (C=O) groups is 1. The van der Waals surface area contributed by atoms with E-state index < -0.39 is 0 Å². The molecule has 6 rings (SSSR count). The summed E-state index contributed by atoms with van der Waals surface area (Å²) in [5.41, 5.74) is 6.50. The van der Waals surface area contributed by atoms with E-state index in [9.17, 15) is 9.90 Å². The summed E-state index contributed by atoms with van der Waals surface area (Å²) in [6.07, 6.45) is 9.10. The summed E-state index contributed by atoms with van der Waals surface area (Å²) in [7, 11) is 0. The Bertz CT molecular complexity index is 1750. The predicted octanol–water partition coefficient (Wildman–Crippen LogP) is 10.6. The largest absolute Gasteiger partial charge is 0.512 e. The molecule has 235 valence electrons. The minimum absolute atomic E-state index is 0. The summed E-state index contributed by atoms with van der Waals surface area (Å²) in [6, 6.07) is 33.8. The van der Waals surface area contributed by atoms with Gasteiger partial charge in [-0.25, -0.2) is 0 Å². The fourth-order valence-corrected chi connectivity index (χ4v) is 6.59. The third-order valence-electron chi connectivity index (χ3n) is 9.36. The van der Waals surface area contributed by atoms with Crippen molar-refractivity contribution in [1.82, 2.24) is 4.98 Å². The summed E-state index contributed by atoms with van der Waals surface area (Å²) in [4.78, 5) is 16.5. The van der Waals surface area contributed by atoms with Crippen LogP contribution >= 0.6 is 0 Å². The van der Waals surface area contributed by atoms with Crippen molar-refractivity contribution in [2.24, 2.45) is 11.8 Å². The number of benzene rings is 4. The molecule has 1 atom stereocenters. The zero-order chi connectivity index (χ0) is 31.1. The summed E-state index contributed by atoms with van der Waals surface area (Å²) < 4.78 is 0. The topological polar surface area (TPSA) is 50.2 Å². The molecule has 1 aliphatic carbocycles. The Morgan fingerprint density at radius 3 is 2.20 bits per heavy atom. The fourth-order valence-electron chi connectivity index (χ4n) is 6.59. The number of fused-ring (bicyclic) bond motifs is 4. The van der Waals surface area contributed by atoms with Crippen LogP contribution < -0.4 is 0 Å². The second kappa shape index (κ2) is 16.1. The van der Waals surface area contributed by atoms with Crippen molar-refractivity contribution >= 4 is 27.3 Å². The number of aliphatic hydroxyl groups excluding tert-OH is 1. The van der Waals surface area contributed by atoms with Gasteiger partial charge in [0.25, 0.3) is 0 Å². The van der Waals surface area contributed by atoms with Crippen molar-refractivity contribution in [2.75, 3.05) is 0 Å². The zero-order valence-electron chi connectivity index (χ0n) is 26.8. The van der Waals surface area contributed by atoms with Crippen LogP contribution in [0.1, 0.15) is 76.0 Å². The number of hydrogen-bond donors (Lipinski definition) is 1. The Balaban J connectivity index is 0.000000249. The van der Waals surface area contributed by atoms with Gasteiger partial charge in [0.1, 0.15) is 0 Å². The van der Waals surface area contributed by atoms with Gasteiger partial charge >= 0.3 is 0 Å². The predicted molar refractivity (Wildman–Crippen MR) is 184 cm³/mol. The van der Waals surface area contributed by atoms with Crippen molar-refractivity contribution in [1.29, 1.82) is 0 Å². The molecule has 0 aliphatic heterocycles. The Kier molecular flexibility index (Phi) is 12.3. The van der Waals surface area contributed by atoms with Crippen LogP contribution in [0, 0.1) is 17.9 Å². The Morgan fingerprint density at radius 2 is 1.51 bits per heavy atom. The second-order valence-corrected chi connectivity index (χ2v) is 11.9. The summed E-state index contributed by atoms with van der Waals surface area (Å²) >= 11 is 0. The second-order valence-electron chi connectivity index (χ2n) is 11.9. The van der Waals surface area contributed by atoms with Gasteiger partial charge < -0.3 is 10.1 Å². The molecule has 0 amide bonds. The molecule has 1 heterocycles. The number of rotatable bonds is 9. The first-order chi connectivity index (χ1) is 21.5. The summed E-state index contributed by atoms with van der Waals surface area (Å²) in [5.74, 6) is 1.12. The summed E-state index contributed by atoms with van der Waals surface area (Å²) in [5, 5.41) is 14.7. The van der Waals surface area contributed by atoms with Gasteiger partial charge in [-0.05, 0) is 72.0 Å². The van der Waals surface area contributed by atoms with E-state index in [4.69, 9.17) is 4.98 Å². The molecule has 5 aromatic rings. The Morgan fingerprint density at radius 1 is 0.844 bits per heavy atom. The van der Waals surface area contributed by atoms with Crippen LogP contribution in [0.3, 0.4) is 0 Å². The molecular weight excluding hydrogens is 731 g/mol. The maximum Gasteiger partial charge on any atom is 0.162 e. The zero-order valence-corrected chi connectivity index (χ0v) is 29.2. The first kappa shape index (κ1) is 34.3. The van der Waals surface area contributed by atoms with Crippen LogP contribution in [0.4, 0.5) is 0 Å². The standard InChI is InChI=1S/C28H20N.C13H24O2.Ir/c1-2-7-19(8-3-1)23-15-21-13-14-25-24(27(21)16-23)11-6-12-26(25)28-17-20-9-4-5-10-22(20)18-29-28;1-5-10(6-2)12(14)9-13(15)11(7-3)8-4;/h1-11,13-14,17-18,23H,15-16H2;9-11,14H,5-8H2,1-4H3;/q-1;;/b;12-9-;. The molecule has 0 saturated carbocycles. The van der Waals surface area contributed by atoms with Crippen molar-refractivity contribution in [2.45, 2.75) is 72.1 Å². The molecule has 1 radical (unpaired) electrons. The number of aromatic nitrogens is 1. The number of allylic oxidation sites excluding steroid dienone is 2. The van der Waals surface area contributed by atoms with E-state index in [0.717, 1.165) is 49.8 Å². The molecule has 3 nitrogen and oxygen atoms in total. The van der Waals surface area contributed by atoms with Crippen molar-refractivity contribution in [3.63, 3.8) is 0 Å². The molecule has 1 aromatic heterocycles. The van der Waals surface area contributed by atoms with E-state index in [1.807, 2.05) is 33.9 Å². The van der Waals surface area contributed by atoms with Crippen LogP contribution in [0.5, 0.6) is 0 Å². The van der Waals surface area contributed by atoms with Crippen molar-refractivity contribution < 1.29 is 30.0 Å². The van der Waals surface area contributed by atoms with Gasteiger partial charge in [0.05, 0.1) is 5.76 Å². The first-order valence-electron chi connectivity index (χ1n) is 16.3. The molecule has 0 fully saturated rings. The van der Waals surface area contributed by atoms with E-state index in [1.54, 1.807) is 0 Å². The van der Waals surface area contributed by atoms with E-state index in [0.29, 0.717) is 5.92 Å². The number of ketones is 1. The molecule has 1 aliphatic rings. The van der Waals surface area contributed by atoms with E-state index in [-0.39, 0.29) is 43.5 Å². The number of hydrogen-bond acceptors (Lipinski definition) is 3. The van der Waals surface area contributed by atoms with E-state index >= 15 is 0 Å². The number of pyridine rings is 1. The van der Waals surface area contributed by atoms with Gasteiger partial charge in [-0.3, -0.25) is 4.79 Å². The van der Waals surface area contributed by atoms with Crippen LogP contribution in [-0.4, -0.2) is 15.9 Å². The Labute approximate surface area is 282 Å². The molecule has 0 bridgehead atoms. The number of nitrogens with zero attached hydrogens (tertiary/aromatic N) is 1. The molecule has 0 spiro atoms. The minimum Gasteiger partial charge on any atom is -0.512 e. The van der Waals surface area contributed by atoms with Gasteiger partial charge in [0.2, 0.25) is 0 Å². The van der Waals surface area contributed by atoms with E-state index in [1.165, 1.54) is 44.3 Å². The molecule has 1 N–H and O–H groups in total. The van der Waals surface area contributed by atoms with Crippen LogP contribution in [0.2, 0.25) is 0 Å². The van der Waals surface area contributed by atoms with Crippen molar-refractivity contribution in [3.05, 3.63) is 126 Å². The third kappa shape index (κ3) is 7.80. The SMILES string of the molecule is CCC(CC)C(=O)/C=C(\O)C(CC)CC.[Ir].[c-]1ccc2c3c(ccc2c1-c1cc2ccccc2cn1)CC(c1ccccc1)C3. The maximum atomic E-state index is 11.7. The molecule has 4 aromatic carbocycles. The van der Waals surface area contributed by atoms with Gasteiger partial charge in [0.15, 0.2) is 5.78 Å². The number of aliphatic hydroxyl groups is 1. The molecule has 1 unspecified atom stereocenters. The smallest absolute Gasteiger partial charge is 0.162 e. The summed E-state index contributed by atoms with van der Waals surface area (Å²) in [6.45, 7) is 8.07. The van der Waals surface area contributed by atoms with Gasteiger partial charge in [-0.2, -0.15) is 0 Å². The monoisotopic (exact) mass is 775 g/mol. The molecule has 0 saturated heterocycles. The molecule has 45 heavy (non-hydrogen) atoms.